The summed E-state index contributed by atoms with van der Waals surface area (Å²) in [6.07, 6.45) is -0.615. The topological polar surface area (TPSA) is 45.4 Å². The van der Waals surface area contributed by atoms with Gasteiger partial charge >= 0.3 is 0 Å². The number of aliphatic hydroxyl groups is 1. The van der Waals surface area contributed by atoms with Crippen LogP contribution in [-0.2, 0) is 0 Å². The maximum absolute atomic E-state index is 10.1. The van der Waals surface area contributed by atoms with E-state index in [1.165, 1.54) is 0 Å². The summed E-state index contributed by atoms with van der Waals surface area (Å²) < 4.78 is 5.74. The minimum absolute atomic E-state index is 0.0110. The number of fused-ring (bicyclic) bond motifs is 1. The molecule has 0 bridgehead atoms. The Labute approximate surface area is 108 Å². The SMILES string of the molecule is Cc1cccc2cc(C(O)CNC(C)(C)C)oc12. The number of hydrogen-bond acceptors (Lipinski definition) is 3. The van der Waals surface area contributed by atoms with Crippen molar-refractivity contribution in [2.24, 2.45) is 0 Å². The number of hydrogen-bond donors (Lipinski definition) is 2. The fourth-order valence-corrected chi connectivity index (χ4v) is 1.90. The van der Waals surface area contributed by atoms with E-state index in [2.05, 4.69) is 26.1 Å². The van der Waals surface area contributed by atoms with Crippen molar-refractivity contribution in [1.82, 2.24) is 5.32 Å². The van der Waals surface area contributed by atoms with Gasteiger partial charge in [0.25, 0.3) is 0 Å². The summed E-state index contributed by atoms with van der Waals surface area (Å²) in [6.45, 7) is 8.71. The molecule has 0 aliphatic rings. The predicted molar refractivity (Wildman–Crippen MR) is 73.7 cm³/mol. The zero-order chi connectivity index (χ0) is 13.3. The molecule has 0 spiro atoms. The summed E-state index contributed by atoms with van der Waals surface area (Å²) in [6, 6.07) is 7.92. The summed E-state index contributed by atoms with van der Waals surface area (Å²) in [5.74, 6) is 0.621. The Morgan fingerprint density at radius 1 is 1.33 bits per heavy atom. The number of aryl methyl sites for hydroxylation is 1. The Balaban J connectivity index is 2.18. The van der Waals surface area contributed by atoms with E-state index in [1.54, 1.807) is 0 Å². The average Bonchev–Trinajstić information content (AvgIpc) is 2.70. The highest BCUT2D eigenvalue weighted by Crippen LogP contribution is 2.26. The molecule has 0 radical (unpaired) electrons. The van der Waals surface area contributed by atoms with Crippen LogP contribution >= 0.6 is 0 Å². The molecule has 1 atom stereocenters. The van der Waals surface area contributed by atoms with Crippen molar-refractivity contribution in [3.63, 3.8) is 0 Å². The molecular weight excluding hydrogens is 226 g/mol. The third-order valence-electron chi connectivity index (χ3n) is 2.91. The predicted octanol–water partition coefficient (Wildman–Crippen LogP) is 3.16. The van der Waals surface area contributed by atoms with Crippen molar-refractivity contribution < 1.29 is 9.52 Å². The minimum atomic E-state index is -0.615. The monoisotopic (exact) mass is 247 g/mol. The molecule has 1 aromatic heterocycles. The number of furan rings is 1. The molecule has 2 aromatic rings. The largest absolute Gasteiger partial charge is 0.458 e. The van der Waals surface area contributed by atoms with E-state index < -0.39 is 6.10 Å². The Morgan fingerprint density at radius 3 is 2.67 bits per heavy atom. The second-order valence-electron chi connectivity index (χ2n) is 5.79. The van der Waals surface area contributed by atoms with Crippen LogP contribution in [0.15, 0.2) is 28.7 Å². The molecule has 0 amide bonds. The second-order valence-corrected chi connectivity index (χ2v) is 5.79. The first-order valence-electron chi connectivity index (χ1n) is 6.29. The van der Waals surface area contributed by atoms with Crippen molar-refractivity contribution >= 4 is 11.0 Å². The van der Waals surface area contributed by atoms with Gasteiger partial charge < -0.3 is 14.8 Å². The quantitative estimate of drug-likeness (QED) is 0.875. The number of nitrogens with one attached hydrogen (secondary N) is 1. The van der Waals surface area contributed by atoms with Gasteiger partial charge in [0.1, 0.15) is 17.4 Å². The number of β-amino-alcohol motifs (C(OH)–C–C–N with tert-alkyl or cyclic N) is 1. The molecule has 1 unspecified atom stereocenters. The molecule has 3 nitrogen and oxygen atoms in total. The summed E-state index contributed by atoms with van der Waals surface area (Å²) >= 11 is 0. The van der Waals surface area contributed by atoms with E-state index in [4.69, 9.17) is 4.42 Å². The highest BCUT2D eigenvalue weighted by Gasteiger charge is 2.17. The molecular formula is C15H21NO2. The summed E-state index contributed by atoms with van der Waals surface area (Å²) in [5, 5.41) is 14.4. The molecule has 0 fully saturated rings. The van der Waals surface area contributed by atoms with Gasteiger partial charge in [-0.1, -0.05) is 18.2 Å². The molecule has 2 N–H and O–H groups in total. The van der Waals surface area contributed by atoms with Gasteiger partial charge in [-0.25, -0.2) is 0 Å². The first kappa shape index (κ1) is 13.1. The Kier molecular flexibility index (Phi) is 3.46. The van der Waals surface area contributed by atoms with Gasteiger partial charge in [-0.3, -0.25) is 0 Å². The molecule has 2 rings (SSSR count). The fourth-order valence-electron chi connectivity index (χ4n) is 1.90. The van der Waals surface area contributed by atoms with Crippen molar-refractivity contribution in [1.29, 1.82) is 0 Å². The Hall–Kier alpha value is -1.32. The van der Waals surface area contributed by atoms with Crippen molar-refractivity contribution in [2.45, 2.75) is 39.3 Å². The van der Waals surface area contributed by atoms with E-state index in [0.717, 1.165) is 16.5 Å². The van der Waals surface area contributed by atoms with Crippen LogP contribution in [0, 0.1) is 6.92 Å². The lowest BCUT2D eigenvalue weighted by Crippen LogP contribution is -2.38. The lowest BCUT2D eigenvalue weighted by molar-refractivity contribution is 0.140. The van der Waals surface area contributed by atoms with Crippen LogP contribution in [0.2, 0.25) is 0 Å². The molecule has 0 aliphatic heterocycles. The standard InChI is InChI=1S/C15H21NO2/c1-10-6-5-7-11-8-13(18-14(10)11)12(17)9-16-15(2,3)4/h5-8,12,16-17H,9H2,1-4H3. The van der Waals surface area contributed by atoms with Crippen LogP contribution < -0.4 is 5.32 Å². The third-order valence-corrected chi connectivity index (χ3v) is 2.91. The molecule has 18 heavy (non-hydrogen) atoms. The third kappa shape index (κ3) is 2.92. The number of rotatable bonds is 3. The summed E-state index contributed by atoms with van der Waals surface area (Å²) in [7, 11) is 0. The normalized spacial score (nSPS) is 14.1. The highest BCUT2D eigenvalue weighted by molar-refractivity contribution is 5.80. The van der Waals surface area contributed by atoms with Crippen LogP contribution in [0.4, 0.5) is 0 Å². The number of aliphatic hydroxyl groups excluding tert-OH is 1. The van der Waals surface area contributed by atoms with E-state index in [1.807, 2.05) is 31.2 Å². The van der Waals surface area contributed by atoms with Crippen LogP contribution in [0.25, 0.3) is 11.0 Å². The highest BCUT2D eigenvalue weighted by atomic mass is 16.4. The van der Waals surface area contributed by atoms with Crippen LogP contribution in [0.5, 0.6) is 0 Å². The smallest absolute Gasteiger partial charge is 0.137 e. The molecule has 98 valence electrons. The minimum Gasteiger partial charge on any atom is -0.458 e. The molecule has 0 aliphatic carbocycles. The van der Waals surface area contributed by atoms with Gasteiger partial charge in [0.2, 0.25) is 0 Å². The fraction of sp³-hybridized carbons (Fsp3) is 0.467. The lowest BCUT2D eigenvalue weighted by Gasteiger charge is -2.22. The number of benzene rings is 1. The Morgan fingerprint density at radius 2 is 2.06 bits per heavy atom. The van der Waals surface area contributed by atoms with E-state index in [-0.39, 0.29) is 5.54 Å². The molecule has 0 saturated heterocycles. The molecule has 3 heteroatoms. The van der Waals surface area contributed by atoms with Crippen molar-refractivity contribution in [3.05, 3.63) is 35.6 Å². The van der Waals surface area contributed by atoms with Gasteiger partial charge in [0.05, 0.1) is 0 Å². The second kappa shape index (κ2) is 4.75. The van der Waals surface area contributed by atoms with Gasteiger partial charge in [-0.15, -0.1) is 0 Å². The van der Waals surface area contributed by atoms with E-state index >= 15 is 0 Å². The van der Waals surface area contributed by atoms with Gasteiger partial charge in [-0.2, -0.15) is 0 Å². The van der Waals surface area contributed by atoms with Gasteiger partial charge in [-0.05, 0) is 39.3 Å². The van der Waals surface area contributed by atoms with Crippen molar-refractivity contribution in [3.8, 4) is 0 Å². The van der Waals surface area contributed by atoms with Crippen molar-refractivity contribution in [2.75, 3.05) is 6.54 Å². The van der Waals surface area contributed by atoms with E-state index in [0.29, 0.717) is 12.3 Å². The first-order chi connectivity index (χ1) is 8.37. The van der Waals surface area contributed by atoms with Crippen LogP contribution in [0.1, 0.15) is 38.2 Å². The maximum atomic E-state index is 10.1. The van der Waals surface area contributed by atoms with Crippen LogP contribution in [-0.4, -0.2) is 17.2 Å². The summed E-state index contributed by atoms with van der Waals surface area (Å²) in [4.78, 5) is 0. The molecule has 1 heterocycles. The maximum Gasteiger partial charge on any atom is 0.137 e. The zero-order valence-corrected chi connectivity index (χ0v) is 11.4. The number of para-hydroxylation sites is 1. The average molecular weight is 247 g/mol. The van der Waals surface area contributed by atoms with Gasteiger partial charge in [0.15, 0.2) is 0 Å². The lowest BCUT2D eigenvalue weighted by atomic mass is 10.1. The van der Waals surface area contributed by atoms with E-state index in [9.17, 15) is 5.11 Å². The Bertz CT molecular complexity index is 537. The van der Waals surface area contributed by atoms with Crippen LogP contribution in [0.3, 0.4) is 0 Å². The first-order valence-corrected chi connectivity index (χ1v) is 6.29. The zero-order valence-electron chi connectivity index (χ0n) is 11.4. The molecule has 1 aromatic carbocycles. The summed E-state index contributed by atoms with van der Waals surface area (Å²) in [5.41, 5.74) is 1.94. The molecule has 0 saturated carbocycles. The van der Waals surface area contributed by atoms with Gasteiger partial charge in [0, 0.05) is 17.5 Å².